The molecule has 0 N–H and O–H groups in total. The fourth-order valence-corrected chi connectivity index (χ4v) is 3.60. The predicted molar refractivity (Wildman–Crippen MR) is 79.8 cm³/mol. The van der Waals surface area contributed by atoms with E-state index < -0.39 is 26.6 Å². The van der Waals surface area contributed by atoms with Gasteiger partial charge in [-0.05, 0) is 36.4 Å². The standard InChI is InChI=1S/C16H10F3NO3S/c17-16(18,19)12-6-8-13(9-7-12)24(22,23)15-10-5-11-3-1-2-4-14(11)20(15)21/h1-10H. The maximum Gasteiger partial charge on any atom is 0.416 e. The molecular weight excluding hydrogens is 343 g/mol. The third kappa shape index (κ3) is 2.69. The maximum absolute atomic E-state index is 12.6. The molecule has 0 atom stereocenters. The predicted octanol–water partition coefficient (Wildman–Crippen LogP) is 3.32. The number of rotatable bonds is 2. The van der Waals surface area contributed by atoms with E-state index in [1.54, 1.807) is 18.2 Å². The van der Waals surface area contributed by atoms with Gasteiger partial charge in [0.1, 0.15) is 0 Å². The number of halogens is 3. The van der Waals surface area contributed by atoms with Crippen LogP contribution in [-0.2, 0) is 16.0 Å². The molecule has 0 saturated carbocycles. The summed E-state index contributed by atoms with van der Waals surface area (Å²) in [4.78, 5) is -0.379. The Hall–Kier alpha value is -2.61. The Kier molecular flexibility index (Phi) is 3.71. The Morgan fingerprint density at radius 2 is 1.50 bits per heavy atom. The van der Waals surface area contributed by atoms with Crippen LogP contribution < -0.4 is 4.73 Å². The second-order valence-electron chi connectivity index (χ2n) is 5.05. The summed E-state index contributed by atoms with van der Waals surface area (Å²) >= 11 is 0. The summed E-state index contributed by atoms with van der Waals surface area (Å²) in [6, 6.07) is 12.0. The lowest BCUT2D eigenvalue weighted by atomic mass is 10.2. The van der Waals surface area contributed by atoms with E-state index in [0.29, 0.717) is 17.5 Å². The first-order valence-electron chi connectivity index (χ1n) is 6.75. The number of aromatic nitrogens is 1. The van der Waals surface area contributed by atoms with Crippen LogP contribution in [0.5, 0.6) is 0 Å². The minimum atomic E-state index is -4.57. The average molecular weight is 353 g/mol. The van der Waals surface area contributed by atoms with E-state index in [9.17, 15) is 26.8 Å². The first-order valence-corrected chi connectivity index (χ1v) is 8.23. The average Bonchev–Trinajstić information content (AvgIpc) is 2.54. The summed E-state index contributed by atoms with van der Waals surface area (Å²) < 4.78 is 63.1. The molecule has 0 amide bonds. The second-order valence-corrected chi connectivity index (χ2v) is 6.95. The van der Waals surface area contributed by atoms with Gasteiger partial charge in [0.15, 0.2) is 0 Å². The lowest BCUT2D eigenvalue weighted by Crippen LogP contribution is -2.34. The minimum absolute atomic E-state index is 0.158. The van der Waals surface area contributed by atoms with Crippen molar-refractivity contribution in [2.24, 2.45) is 0 Å². The molecular formula is C16H10F3NO3S. The maximum atomic E-state index is 12.6. The van der Waals surface area contributed by atoms with E-state index in [-0.39, 0.29) is 15.1 Å². The summed E-state index contributed by atoms with van der Waals surface area (Å²) in [7, 11) is -4.24. The smallest absolute Gasteiger partial charge is 0.416 e. The molecule has 3 rings (SSSR count). The van der Waals surface area contributed by atoms with Crippen LogP contribution in [0.1, 0.15) is 5.56 Å². The molecule has 0 aliphatic rings. The van der Waals surface area contributed by atoms with Crippen LogP contribution in [0.15, 0.2) is 70.6 Å². The van der Waals surface area contributed by atoms with E-state index in [1.165, 1.54) is 12.1 Å². The molecule has 4 nitrogen and oxygen atoms in total. The van der Waals surface area contributed by atoms with Crippen LogP contribution in [0.4, 0.5) is 13.2 Å². The van der Waals surface area contributed by atoms with Crippen molar-refractivity contribution in [1.29, 1.82) is 0 Å². The van der Waals surface area contributed by atoms with Gasteiger partial charge in [-0.1, -0.05) is 12.1 Å². The summed E-state index contributed by atoms with van der Waals surface area (Å²) in [5.41, 5.74) is -0.805. The third-order valence-corrected chi connectivity index (χ3v) is 5.27. The third-order valence-electron chi connectivity index (χ3n) is 3.53. The Morgan fingerprint density at radius 3 is 2.12 bits per heavy atom. The molecule has 8 heteroatoms. The number of hydrogen-bond acceptors (Lipinski definition) is 3. The molecule has 0 radical (unpaired) electrons. The van der Waals surface area contributed by atoms with Crippen LogP contribution in [-0.4, -0.2) is 8.42 Å². The fraction of sp³-hybridized carbons (Fsp3) is 0.0625. The SMILES string of the molecule is O=S(=O)(c1ccc(C(F)(F)F)cc1)c1ccc2ccccc2[n+]1[O-]. The summed E-state index contributed by atoms with van der Waals surface area (Å²) in [6.07, 6.45) is -4.57. The van der Waals surface area contributed by atoms with Gasteiger partial charge in [0.05, 0.1) is 10.5 Å². The number of nitrogens with zero attached hydrogens (tertiary/aromatic N) is 1. The molecule has 0 saturated heterocycles. The number of para-hydroxylation sites is 1. The monoisotopic (exact) mass is 353 g/mol. The van der Waals surface area contributed by atoms with Crippen molar-refractivity contribution in [2.45, 2.75) is 16.1 Å². The molecule has 0 unspecified atom stereocenters. The lowest BCUT2D eigenvalue weighted by Gasteiger charge is -2.10. The van der Waals surface area contributed by atoms with Gasteiger partial charge in [-0.15, -0.1) is 0 Å². The molecule has 0 spiro atoms. The van der Waals surface area contributed by atoms with Gasteiger partial charge in [-0.25, -0.2) is 8.42 Å². The first kappa shape index (κ1) is 16.3. The highest BCUT2D eigenvalue weighted by Gasteiger charge is 2.32. The molecule has 24 heavy (non-hydrogen) atoms. The Bertz CT molecular complexity index is 1010. The zero-order valence-corrected chi connectivity index (χ0v) is 12.8. The van der Waals surface area contributed by atoms with Gasteiger partial charge in [-0.2, -0.15) is 17.9 Å². The van der Waals surface area contributed by atoms with E-state index in [2.05, 4.69) is 0 Å². The lowest BCUT2D eigenvalue weighted by molar-refractivity contribution is -0.619. The second kappa shape index (κ2) is 5.48. The van der Waals surface area contributed by atoms with Crippen molar-refractivity contribution in [3.8, 4) is 0 Å². The van der Waals surface area contributed by atoms with Crippen molar-refractivity contribution < 1.29 is 26.3 Å². The molecule has 2 aromatic carbocycles. The normalized spacial score (nSPS) is 12.5. The summed E-state index contributed by atoms with van der Waals surface area (Å²) in [5.74, 6) is 0. The molecule has 0 aliphatic heterocycles. The number of fused-ring (bicyclic) bond motifs is 1. The number of benzene rings is 2. The van der Waals surface area contributed by atoms with Gasteiger partial charge in [0, 0.05) is 17.5 Å². The van der Waals surface area contributed by atoms with E-state index >= 15 is 0 Å². The highest BCUT2D eigenvalue weighted by molar-refractivity contribution is 7.91. The minimum Gasteiger partial charge on any atom is -0.617 e. The van der Waals surface area contributed by atoms with Crippen molar-refractivity contribution in [3.63, 3.8) is 0 Å². The Labute approximate surface area is 135 Å². The molecule has 124 valence electrons. The molecule has 3 aromatic rings. The van der Waals surface area contributed by atoms with Crippen molar-refractivity contribution >= 4 is 20.7 Å². The van der Waals surface area contributed by atoms with Crippen molar-refractivity contribution in [3.05, 3.63) is 71.4 Å². The fourth-order valence-electron chi connectivity index (χ4n) is 2.30. The van der Waals surface area contributed by atoms with Gasteiger partial charge in [0.2, 0.25) is 5.52 Å². The van der Waals surface area contributed by atoms with Gasteiger partial charge in [-0.3, -0.25) is 0 Å². The molecule has 0 fully saturated rings. The van der Waals surface area contributed by atoms with Crippen LogP contribution >= 0.6 is 0 Å². The molecule has 0 bridgehead atoms. The van der Waals surface area contributed by atoms with Gasteiger partial charge < -0.3 is 5.21 Å². The van der Waals surface area contributed by atoms with E-state index in [4.69, 9.17) is 0 Å². The molecule has 0 aliphatic carbocycles. The zero-order chi connectivity index (χ0) is 17.5. The summed E-state index contributed by atoms with van der Waals surface area (Å²) in [6.45, 7) is 0. The number of alkyl halides is 3. The summed E-state index contributed by atoms with van der Waals surface area (Å²) in [5, 5.41) is 12.3. The van der Waals surface area contributed by atoms with Crippen LogP contribution in [0.25, 0.3) is 10.9 Å². The van der Waals surface area contributed by atoms with E-state index in [1.807, 2.05) is 0 Å². The molecule has 1 aromatic heterocycles. The van der Waals surface area contributed by atoms with Crippen molar-refractivity contribution in [2.75, 3.05) is 0 Å². The van der Waals surface area contributed by atoms with Crippen molar-refractivity contribution in [1.82, 2.24) is 0 Å². The van der Waals surface area contributed by atoms with Crippen LogP contribution in [0.3, 0.4) is 0 Å². The molecule has 1 heterocycles. The largest absolute Gasteiger partial charge is 0.617 e. The Morgan fingerprint density at radius 1 is 0.875 bits per heavy atom. The zero-order valence-electron chi connectivity index (χ0n) is 12.0. The quantitative estimate of drug-likeness (QED) is 0.524. The van der Waals surface area contributed by atoms with Gasteiger partial charge in [0.25, 0.3) is 9.84 Å². The van der Waals surface area contributed by atoms with Crippen LogP contribution in [0.2, 0.25) is 0 Å². The number of pyridine rings is 1. The highest BCUT2D eigenvalue weighted by atomic mass is 32.2. The van der Waals surface area contributed by atoms with Crippen LogP contribution in [0, 0.1) is 5.21 Å². The highest BCUT2D eigenvalue weighted by Crippen LogP contribution is 2.30. The number of sulfone groups is 1. The number of hydrogen-bond donors (Lipinski definition) is 0. The van der Waals surface area contributed by atoms with Gasteiger partial charge >= 0.3 is 11.2 Å². The first-order chi connectivity index (χ1) is 11.2. The topological polar surface area (TPSA) is 61.1 Å². The van der Waals surface area contributed by atoms with E-state index in [0.717, 1.165) is 18.2 Å². The Balaban J connectivity index is 2.13.